The van der Waals surface area contributed by atoms with Gasteiger partial charge in [0.05, 0.1) is 12.6 Å². The van der Waals surface area contributed by atoms with Gasteiger partial charge in [-0.3, -0.25) is 4.90 Å². The van der Waals surface area contributed by atoms with Crippen molar-refractivity contribution in [2.45, 2.75) is 19.4 Å². The van der Waals surface area contributed by atoms with Crippen molar-refractivity contribution in [3.8, 4) is 0 Å². The summed E-state index contributed by atoms with van der Waals surface area (Å²) in [6.07, 6.45) is 1.23. The van der Waals surface area contributed by atoms with Gasteiger partial charge in [-0.25, -0.2) is 0 Å². The second-order valence-electron chi connectivity index (χ2n) is 4.59. The van der Waals surface area contributed by atoms with Gasteiger partial charge in [-0.05, 0) is 24.4 Å². The van der Waals surface area contributed by atoms with E-state index in [0.717, 1.165) is 26.2 Å². The average Bonchev–Trinajstić information content (AvgIpc) is 2.86. The number of hydrogen-bond acceptors (Lipinski definition) is 4. The maximum Gasteiger partial charge on any atom is 0.0675 e. The molecule has 0 bridgehead atoms. The Bertz CT molecular complexity index is 307. The summed E-state index contributed by atoms with van der Waals surface area (Å²) in [5.74, 6) is 0. The predicted octanol–water partition coefficient (Wildman–Crippen LogP) is 1.81. The number of aliphatic hydroxyl groups is 1. The number of nitrogens with zero attached hydrogens (tertiary/aromatic N) is 2. The summed E-state index contributed by atoms with van der Waals surface area (Å²) in [6.45, 7) is 8.08. The number of hydrogen-bond donors (Lipinski definition) is 1. The van der Waals surface area contributed by atoms with Crippen molar-refractivity contribution in [3.05, 3.63) is 22.4 Å². The van der Waals surface area contributed by atoms with Gasteiger partial charge >= 0.3 is 0 Å². The van der Waals surface area contributed by atoms with Crippen molar-refractivity contribution >= 4 is 11.3 Å². The van der Waals surface area contributed by atoms with E-state index in [4.69, 9.17) is 0 Å². The van der Waals surface area contributed by atoms with Crippen LogP contribution in [0.4, 0.5) is 0 Å². The second-order valence-corrected chi connectivity index (χ2v) is 5.57. The first kappa shape index (κ1) is 13.0. The molecular formula is C13H22N2OS. The molecule has 17 heavy (non-hydrogen) atoms. The summed E-state index contributed by atoms with van der Waals surface area (Å²) < 4.78 is 0. The fraction of sp³-hybridized carbons (Fsp3) is 0.692. The third-order valence-corrected chi connectivity index (χ3v) is 4.41. The van der Waals surface area contributed by atoms with Crippen molar-refractivity contribution < 1.29 is 5.11 Å². The van der Waals surface area contributed by atoms with E-state index in [1.807, 2.05) is 0 Å². The van der Waals surface area contributed by atoms with E-state index in [0.29, 0.717) is 0 Å². The number of piperazine rings is 1. The van der Waals surface area contributed by atoms with Crippen LogP contribution >= 0.6 is 11.3 Å². The van der Waals surface area contributed by atoms with E-state index in [2.05, 4.69) is 34.2 Å². The van der Waals surface area contributed by atoms with Crippen LogP contribution in [0.15, 0.2) is 17.5 Å². The molecule has 1 aromatic heterocycles. The van der Waals surface area contributed by atoms with Crippen LogP contribution in [0.1, 0.15) is 24.3 Å². The molecule has 1 unspecified atom stereocenters. The van der Waals surface area contributed by atoms with Gasteiger partial charge in [-0.2, -0.15) is 0 Å². The minimum atomic E-state index is 0.207. The smallest absolute Gasteiger partial charge is 0.0675 e. The Morgan fingerprint density at radius 2 is 2.12 bits per heavy atom. The Morgan fingerprint density at radius 3 is 2.65 bits per heavy atom. The van der Waals surface area contributed by atoms with Crippen molar-refractivity contribution in [2.75, 3.05) is 39.3 Å². The third-order valence-electron chi connectivity index (χ3n) is 3.43. The minimum Gasteiger partial charge on any atom is -0.394 e. The van der Waals surface area contributed by atoms with Crippen LogP contribution in [0.3, 0.4) is 0 Å². The van der Waals surface area contributed by atoms with Crippen LogP contribution < -0.4 is 0 Å². The van der Waals surface area contributed by atoms with Gasteiger partial charge in [-0.1, -0.05) is 13.0 Å². The lowest BCUT2D eigenvalue weighted by molar-refractivity contribution is 0.0666. The molecule has 1 aliphatic rings. The quantitative estimate of drug-likeness (QED) is 0.868. The molecule has 0 saturated carbocycles. The number of thiophene rings is 1. The van der Waals surface area contributed by atoms with E-state index in [1.54, 1.807) is 11.3 Å². The number of aliphatic hydroxyl groups excluding tert-OH is 1. The zero-order valence-corrected chi connectivity index (χ0v) is 11.3. The monoisotopic (exact) mass is 254 g/mol. The van der Waals surface area contributed by atoms with Crippen molar-refractivity contribution in [3.63, 3.8) is 0 Å². The lowest BCUT2D eigenvalue weighted by Crippen LogP contribution is -2.48. The normalized spacial score (nSPS) is 20.6. The van der Waals surface area contributed by atoms with E-state index in [-0.39, 0.29) is 12.6 Å². The van der Waals surface area contributed by atoms with Crippen molar-refractivity contribution in [2.24, 2.45) is 0 Å². The average molecular weight is 254 g/mol. The molecule has 1 aromatic rings. The summed E-state index contributed by atoms with van der Waals surface area (Å²) in [5, 5.41) is 11.7. The Kier molecular flexibility index (Phi) is 4.98. The molecule has 2 heterocycles. The number of rotatable bonds is 5. The van der Waals surface area contributed by atoms with Crippen LogP contribution in [-0.4, -0.2) is 54.2 Å². The Balaban J connectivity index is 1.90. The molecule has 1 N–H and O–H groups in total. The molecule has 0 radical (unpaired) electrons. The van der Waals surface area contributed by atoms with Gasteiger partial charge in [-0.15, -0.1) is 11.3 Å². The summed E-state index contributed by atoms with van der Waals surface area (Å²) in [6, 6.07) is 4.40. The minimum absolute atomic E-state index is 0.207. The van der Waals surface area contributed by atoms with Crippen molar-refractivity contribution in [1.82, 2.24) is 9.80 Å². The highest BCUT2D eigenvalue weighted by molar-refractivity contribution is 7.10. The van der Waals surface area contributed by atoms with E-state index < -0.39 is 0 Å². The SMILES string of the molecule is CCCN1CCN(C(CO)c2cccs2)CC1. The summed E-state index contributed by atoms with van der Waals surface area (Å²) in [5.41, 5.74) is 0. The molecule has 1 atom stereocenters. The highest BCUT2D eigenvalue weighted by Gasteiger charge is 2.24. The molecular weight excluding hydrogens is 232 g/mol. The van der Waals surface area contributed by atoms with Crippen LogP contribution in [0.5, 0.6) is 0 Å². The molecule has 0 spiro atoms. The highest BCUT2D eigenvalue weighted by Crippen LogP contribution is 2.25. The molecule has 1 fully saturated rings. The zero-order valence-electron chi connectivity index (χ0n) is 10.5. The molecule has 1 aliphatic heterocycles. The first-order valence-corrected chi connectivity index (χ1v) is 7.33. The first-order chi connectivity index (χ1) is 8.35. The van der Waals surface area contributed by atoms with Gasteiger partial charge in [0.1, 0.15) is 0 Å². The van der Waals surface area contributed by atoms with Crippen LogP contribution in [-0.2, 0) is 0 Å². The molecule has 0 aliphatic carbocycles. The van der Waals surface area contributed by atoms with Crippen molar-refractivity contribution in [1.29, 1.82) is 0 Å². The topological polar surface area (TPSA) is 26.7 Å². The zero-order chi connectivity index (χ0) is 12.1. The molecule has 0 amide bonds. The maximum absolute atomic E-state index is 9.57. The van der Waals surface area contributed by atoms with Gasteiger partial charge < -0.3 is 10.0 Å². The van der Waals surface area contributed by atoms with Gasteiger partial charge in [0.2, 0.25) is 0 Å². The first-order valence-electron chi connectivity index (χ1n) is 6.45. The molecule has 0 aromatic carbocycles. The summed E-state index contributed by atoms with van der Waals surface area (Å²) in [7, 11) is 0. The molecule has 96 valence electrons. The predicted molar refractivity (Wildman–Crippen MR) is 72.4 cm³/mol. The lowest BCUT2D eigenvalue weighted by atomic mass is 10.2. The fourth-order valence-electron chi connectivity index (χ4n) is 2.48. The van der Waals surface area contributed by atoms with Gasteiger partial charge in [0.15, 0.2) is 0 Å². The Labute approximate surface area is 108 Å². The van der Waals surface area contributed by atoms with E-state index in [9.17, 15) is 5.11 Å². The molecule has 4 heteroatoms. The lowest BCUT2D eigenvalue weighted by Gasteiger charge is -2.38. The fourth-order valence-corrected chi connectivity index (χ4v) is 3.33. The molecule has 2 rings (SSSR count). The van der Waals surface area contributed by atoms with Gasteiger partial charge in [0, 0.05) is 31.1 Å². The second kappa shape index (κ2) is 6.50. The van der Waals surface area contributed by atoms with Gasteiger partial charge in [0.25, 0.3) is 0 Å². The molecule has 1 saturated heterocycles. The summed E-state index contributed by atoms with van der Waals surface area (Å²) >= 11 is 1.75. The van der Waals surface area contributed by atoms with E-state index >= 15 is 0 Å². The van der Waals surface area contributed by atoms with Crippen LogP contribution in [0.2, 0.25) is 0 Å². The summed E-state index contributed by atoms with van der Waals surface area (Å²) in [4.78, 5) is 6.22. The Hall–Kier alpha value is -0.420. The van der Waals surface area contributed by atoms with E-state index in [1.165, 1.54) is 17.8 Å². The largest absolute Gasteiger partial charge is 0.394 e. The highest BCUT2D eigenvalue weighted by atomic mass is 32.1. The maximum atomic E-state index is 9.57. The van der Waals surface area contributed by atoms with Crippen LogP contribution in [0, 0.1) is 0 Å². The standard InChI is InChI=1S/C13H22N2OS/c1-2-5-14-6-8-15(9-7-14)12(11-16)13-4-3-10-17-13/h3-4,10,12,16H,2,5-9,11H2,1H3. The molecule has 3 nitrogen and oxygen atoms in total. The Morgan fingerprint density at radius 1 is 1.35 bits per heavy atom. The third kappa shape index (κ3) is 3.28. The van der Waals surface area contributed by atoms with Crippen LogP contribution in [0.25, 0.3) is 0 Å².